The number of rotatable bonds is 3. The van der Waals surface area contributed by atoms with E-state index < -0.39 is 9.84 Å². The standard InChI is InChI=1S/C15H20FNO2S/c1-15(2)8-10(15)9-17-13-5-6-20(18,19)14-4-3-11(16)7-12(13)14/h3-4,7,10,13,17H,5-6,8-9H2,1-2H3. The lowest BCUT2D eigenvalue weighted by Gasteiger charge is -2.26. The Kier molecular flexibility index (Phi) is 3.18. The first-order valence-electron chi connectivity index (χ1n) is 7.05. The van der Waals surface area contributed by atoms with E-state index in [2.05, 4.69) is 19.2 Å². The summed E-state index contributed by atoms with van der Waals surface area (Å²) in [6, 6.07) is 3.93. The van der Waals surface area contributed by atoms with E-state index in [-0.39, 0.29) is 22.5 Å². The third-order valence-electron chi connectivity index (χ3n) is 4.69. The second-order valence-electron chi connectivity index (χ2n) is 6.64. The highest BCUT2D eigenvalue weighted by molar-refractivity contribution is 7.91. The van der Waals surface area contributed by atoms with Crippen LogP contribution in [0.1, 0.15) is 38.3 Å². The van der Waals surface area contributed by atoms with Crippen LogP contribution >= 0.6 is 0 Å². The minimum Gasteiger partial charge on any atom is -0.310 e. The van der Waals surface area contributed by atoms with Gasteiger partial charge in [0.15, 0.2) is 9.84 Å². The van der Waals surface area contributed by atoms with Crippen molar-refractivity contribution in [1.82, 2.24) is 5.32 Å². The van der Waals surface area contributed by atoms with Gasteiger partial charge < -0.3 is 5.32 Å². The summed E-state index contributed by atoms with van der Waals surface area (Å²) in [6.45, 7) is 5.34. The predicted octanol–water partition coefficient (Wildman–Crippen LogP) is 2.68. The Hall–Kier alpha value is -0.940. The van der Waals surface area contributed by atoms with Crippen LogP contribution in [-0.2, 0) is 9.84 Å². The maximum Gasteiger partial charge on any atom is 0.178 e. The van der Waals surface area contributed by atoms with Crippen LogP contribution in [0.25, 0.3) is 0 Å². The second kappa shape index (κ2) is 4.53. The maximum atomic E-state index is 13.4. The van der Waals surface area contributed by atoms with Gasteiger partial charge in [0.2, 0.25) is 0 Å². The normalized spacial score (nSPS) is 29.8. The summed E-state index contributed by atoms with van der Waals surface area (Å²) in [5, 5.41) is 3.43. The van der Waals surface area contributed by atoms with Crippen molar-refractivity contribution in [1.29, 1.82) is 0 Å². The van der Waals surface area contributed by atoms with Gasteiger partial charge in [0.1, 0.15) is 5.82 Å². The van der Waals surface area contributed by atoms with Crippen molar-refractivity contribution in [2.75, 3.05) is 12.3 Å². The van der Waals surface area contributed by atoms with E-state index in [1.807, 2.05) is 0 Å². The predicted molar refractivity (Wildman–Crippen MR) is 75.7 cm³/mol. The average Bonchev–Trinajstić information content (AvgIpc) is 2.96. The molecule has 1 aromatic rings. The van der Waals surface area contributed by atoms with Gasteiger partial charge in [-0.3, -0.25) is 0 Å². The molecule has 3 nitrogen and oxygen atoms in total. The third kappa shape index (κ3) is 2.49. The van der Waals surface area contributed by atoms with E-state index in [4.69, 9.17) is 0 Å². The van der Waals surface area contributed by atoms with Crippen molar-refractivity contribution in [3.63, 3.8) is 0 Å². The van der Waals surface area contributed by atoms with Gasteiger partial charge in [0.25, 0.3) is 0 Å². The first-order chi connectivity index (χ1) is 9.29. The Morgan fingerprint density at radius 2 is 2.10 bits per heavy atom. The Labute approximate surface area is 119 Å². The molecule has 1 heterocycles. The minimum atomic E-state index is -3.24. The summed E-state index contributed by atoms with van der Waals surface area (Å²) >= 11 is 0. The van der Waals surface area contributed by atoms with Gasteiger partial charge in [-0.1, -0.05) is 13.8 Å². The van der Waals surface area contributed by atoms with E-state index in [1.54, 1.807) is 0 Å². The van der Waals surface area contributed by atoms with Gasteiger partial charge in [0, 0.05) is 6.04 Å². The molecule has 2 atom stereocenters. The lowest BCUT2D eigenvalue weighted by molar-refractivity contribution is 0.446. The van der Waals surface area contributed by atoms with Crippen molar-refractivity contribution >= 4 is 9.84 Å². The lowest BCUT2D eigenvalue weighted by atomic mass is 10.0. The molecule has 1 aliphatic heterocycles. The van der Waals surface area contributed by atoms with Crippen LogP contribution in [0.15, 0.2) is 23.1 Å². The molecule has 5 heteroatoms. The van der Waals surface area contributed by atoms with Gasteiger partial charge in [-0.05, 0) is 54.5 Å². The molecule has 0 aromatic heterocycles. The lowest BCUT2D eigenvalue weighted by Crippen LogP contribution is -2.31. The molecular formula is C15H20FNO2S. The molecule has 3 rings (SSSR count). The van der Waals surface area contributed by atoms with E-state index >= 15 is 0 Å². The molecule has 2 aliphatic rings. The molecule has 1 aliphatic carbocycles. The average molecular weight is 297 g/mol. The van der Waals surface area contributed by atoms with Gasteiger partial charge >= 0.3 is 0 Å². The third-order valence-corrected chi connectivity index (χ3v) is 6.50. The Balaban J connectivity index is 1.82. The van der Waals surface area contributed by atoms with Crippen LogP contribution in [0.5, 0.6) is 0 Å². The molecule has 1 N–H and O–H groups in total. The molecule has 0 spiro atoms. The number of sulfone groups is 1. The number of benzene rings is 1. The Morgan fingerprint density at radius 1 is 1.40 bits per heavy atom. The molecule has 2 unspecified atom stereocenters. The number of halogens is 1. The fourth-order valence-corrected chi connectivity index (χ4v) is 4.64. The quantitative estimate of drug-likeness (QED) is 0.873. The molecule has 1 aromatic carbocycles. The van der Waals surface area contributed by atoms with Crippen LogP contribution < -0.4 is 5.32 Å². The summed E-state index contributed by atoms with van der Waals surface area (Å²) in [5.41, 5.74) is 0.980. The maximum absolute atomic E-state index is 13.4. The highest BCUT2D eigenvalue weighted by Gasteiger charge is 2.45. The largest absolute Gasteiger partial charge is 0.310 e. The van der Waals surface area contributed by atoms with Crippen LogP contribution in [0.3, 0.4) is 0 Å². The Morgan fingerprint density at radius 3 is 2.75 bits per heavy atom. The van der Waals surface area contributed by atoms with Gasteiger partial charge in [-0.25, -0.2) is 12.8 Å². The number of hydrogen-bond acceptors (Lipinski definition) is 3. The van der Waals surface area contributed by atoms with Crippen molar-refractivity contribution in [2.24, 2.45) is 11.3 Å². The van der Waals surface area contributed by atoms with Crippen molar-refractivity contribution in [3.05, 3.63) is 29.6 Å². The highest BCUT2D eigenvalue weighted by Crippen LogP contribution is 2.51. The van der Waals surface area contributed by atoms with Crippen LogP contribution in [0.2, 0.25) is 0 Å². The fourth-order valence-electron chi connectivity index (χ4n) is 3.03. The zero-order chi connectivity index (χ0) is 14.5. The second-order valence-corrected chi connectivity index (χ2v) is 8.72. The van der Waals surface area contributed by atoms with Gasteiger partial charge in [-0.2, -0.15) is 0 Å². The summed E-state index contributed by atoms with van der Waals surface area (Å²) in [6.07, 6.45) is 1.72. The minimum absolute atomic E-state index is 0.0550. The molecule has 0 radical (unpaired) electrons. The first kappa shape index (κ1) is 14.0. The van der Waals surface area contributed by atoms with E-state index in [1.165, 1.54) is 24.6 Å². The van der Waals surface area contributed by atoms with Gasteiger partial charge in [-0.15, -0.1) is 0 Å². The Bertz CT molecular complexity index is 639. The van der Waals surface area contributed by atoms with E-state index in [0.717, 1.165) is 6.54 Å². The number of nitrogens with one attached hydrogen (secondary N) is 1. The van der Waals surface area contributed by atoms with Crippen LogP contribution in [0.4, 0.5) is 4.39 Å². The zero-order valence-electron chi connectivity index (χ0n) is 11.8. The smallest absolute Gasteiger partial charge is 0.178 e. The highest BCUT2D eigenvalue weighted by atomic mass is 32.2. The topological polar surface area (TPSA) is 46.2 Å². The summed E-state index contributed by atoms with van der Waals surface area (Å²) in [4.78, 5) is 0.290. The van der Waals surface area contributed by atoms with Crippen molar-refractivity contribution < 1.29 is 12.8 Å². The molecular weight excluding hydrogens is 277 g/mol. The summed E-state index contributed by atoms with van der Waals surface area (Å²) in [7, 11) is -3.24. The molecule has 20 heavy (non-hydrogen) atoms. The molecule has 110 valence electrons. The van der Waals surface area contributed by atoms with E-state index in [9.17, 15) is 12.8 Å². The summed E-state index contributed by atoms with van der Waals surface area (Å²) < 4.78 is 37.5. The molecule has 1 fully saturated rings. The van der Waals surface area contributed by atoms with Gasteiger partial charge in [0.05, 0.1) is 10.6 Å². The van der Waals surface area contributed by atoms with E-state index in [0.29, 0.717) is 23.3 Å². The number of hydrogen-bond donors (Lipinski definition) is 1. The summed E-state index contributed by atoms with van der Waals surface area (Å²) in [5.74, 6) is 0.398. The molecule has 0 bridgehead atoms. The van der Waals surface area contributed by atoms with Crippen LogP contribution in [-0.4, -0.2) is 20.7 Å². The monoisotopic (exact) mass is 297 g/mol. The van der Waals surface area contributed by atoms with Crippen molar-refractivity contribution in [2.45, 2.75) is 37.6 Å². The fraction of sp³-hybridized carbons (Fsp3) is 0.600. The molecule has 0 saturated heterocycles. The zero-order valence-corrected chi connectivity index (χ0v) is 12.6. The van der Waals surface area contributed by atoms with Crippen LogP contribution in [0, 0.1) is 17.2 Å². The van der Waals surface area contributed by atoms with Crippen molar-refractivity contribution in [3.8, 4) is 0 Å². The first-order valence-corrected chi connectivity index (χ1v) is 8.70. The SMILES string of the molecule is CC1(C)CC1CNC1CCS(=O)(=O)c2ccc(F)cc21. The number of fused-ring (bicyclic) bond motifs is 1. The molecule has 0 amide bonds. The molecule has 1 saturated carbocycles.